The molecule has 23 heavy (non-hydrogen) atoms. The van der Waals surface area contributed by atoms with Gasteiger partial charge in [0, 0.05) is 27.1 Å². The summed E-state index contributed by atoms with van der Waals surface area (Å²) < 4.78 is 14.7. The first-order valence-electron chi connectivity index (χ1n) is 7.06. The number of rotatable bonds is 3. The number of benzene rings is 1. The molecule has 3 rings (SSSR count). The van der Waals surface area contributed by atoms with Gasteiger partial charge in [0.25, 0.3) is 0 Å². The zero-order chi connectivity index (χ0) is 16.7. The number of aromatic amines is 1. The lowest BCUT2D eigenvalue weighted by molar-refractivity contribution is -0.115. The number of allylic oxidation sites excluding steroid dienone is 1. The molecule has 2 aromatic rings. The van der Waals surface area contributed by atoms with Crippen molar-refractivity contribution in [1.82, 2.24) is 4.98 Å². The highest BCUT2D eigenvalue weighted by atomic mass is 127. The van der Waals surface area contributed by atoms with E-state index in [1.165, 1.54) is 12.1 Å². The average molecular weight is 424 g/mol. The Morgan fingerprint density at radius 1 is 1.35 bits per heavy atom. The molecule has 0 radical (unpaired) electrons. The van der Waals surface area contributed by atoms with Crippen molar-refractivity contribution in [2.75, 3.05) is 5.32 Å². The van der Waals surface area contributed by atoms with E-state index in [-0.39, 0.29) is 18.1 Å². The normalized spacial score (nSPS) is 13.9. The molecule has 0 saturated heterocycles. The monoisotopic (exact) mass is 424 g/mol. The number of carbonyl (C=O) groups is 2. The van der Waals surface area contributed by atoms with Crippen molar-refractivity contribution in [2.45, 2.75) is 20.3 Å². The van der Waals surface area contributed by atoms with Crippen LogP contribution in [0.3, 0.4) is 0 Å². The molecule has 2 N–H and O–H groups in total. The molecule has 0 unspecified atom stereocenters. The van der Waals surface area contributed by atoms with E-state index in [1.54, 1.807) is 12.3 Å². The largest absolute Gasteiger partial charge is 0.358 e. The summed E-state index contributed by atoms with van der Waals surface area (Å²) >= 11 is 1.94. The third kappa shape index (κ3) is 2.83. The molecular formula is C17H14FIN2O2. The van der Waals surface area contributed by atoms with Gasteiger partial charge in [0.2, 0.25) is 11.7 Å². The molecule has 6 heteroatoms. The Balaban J connectivity index is 2.03. The summed E-state index contributed by atoms with van der Waals surface area (Å²) in [5.74, 6) is -0.819. The van der Waals surface area contributed by atoms with Gasteiger partial charge in [0.1, 0.15) is 5.82 Å². The first kappa shape index (κ1) is 15.9. The van der Waals surface area contributed by atoms with Crippen LogP contribution in [0.2, 0.25) is 0 Å². The number of anilines is 1. The second-order valence-corrected chi connectivity index (χ2v) is 6.66. The second-order valence-electron chi connectivity index (χ2n) is 5.50. The summed E-state index contributed by atoms with van der Waals surface area (Å²) in [6.45, 7) is 3.78. The van der Waals surface area contributed by atoms with Crippen LogP contribution >= 0.6 is 22.6 Å². The summed E-state index contributed by atoms with van der Waals surface area (Å²) in [5, 5.41) is 2.69. The van der Waals surface area contributed by atoms with Gasteiger partial charge >= 0.3 is 0 Å². The molecule has 1 aliphatic rings. The number of hydrogen-bond donors (Lipinski definition) is 2. The summed E-state index contributed by atoms with van der Waals surface area (Å²) in [6, 6.07) is 2.85. The molecule has 4 nitrogen and oxygen atoms in total. The highest BCUT2D eigenvalue weighted by Gasteiger charge is 2.25. The van der Waals surface area contributed by atoms with Gasteiger partial charge in [-0.3, -0.25) is 9.59 Å². The zero-order valence-corrected chi connectivity index (χ0v) is 14.7. The molecule has 0 bridgehead atoms. The van der Waals surface area contributed by atoms with Crippen molar-refractivity contribution in [1.29, 1.82) is 0 Å². The van der Waals surface area contributed by atoms with Crippen molar-refractivity contribution < 1.29 is 14.0 Å². The number of aromatic nitrogens is 1. The predicted octanol–water partition coefficient (Wildman–Crippen LogP) is 3.92. The number of fused-ring (bicyclic) bond motifs is 1. The van der Waals surface area contributed by atoms with Gasteiger partial charge in [-0.05, 0) is 65.3 Å². The van der Waals surface area contributed by atoms with Gasteiger partial charge in [-0.2, -0.15) is 0 Å². The maximum absolute atomic E-state index is 14.3. The standard InChI is InChI=1S/C17H14FIN2O2/c1-8-7-20-17(9(8)2)14(22)6-12(19)16-10-5-15(23)21-13(10)4-3-11(16)18/h3-4,6-7,20H,5H2,1-2H3,(H,21,23)/b12-6+. The van der Waals surface area contributed by atoms with E-state index in [4.69, 9.17) is 0 Å². The number of ketones is 1. The Labute approximate surface area is 146 Å². The smallest absolute Gasteiger partial charge is 0.228 e. The third-order valence-corrected chi connectivity index (χ3v) is 4.87. The molecular weight excluding hydrogens is 410 g/mol. The first-order valence-corrected chi connectivity index (χ1v) is 8.14. The van der Waals surface area contributed by atoms with E-state index in [0.717, 1.165) is 11.1 Å². The number of H-pyrrole nitrogens is 1. The van der Waals surface area contributed by atoms with E-state index < -0.39 is 5.82 Å². The molecule has 1 amide bonds. The molecule has 0 spiro atoms. The second kappa shape index (κ2) is 5.92. The topological polar surface area (TPSA) is 62.0 Å². The van der Waals surface area contributed by atoms with E-state index >= 15 is 0 Å². The van der Waals surface area contributed by atoms with Gasteiger partial charge in [0.15, 0.2) is 0 Å². The van der Waals surface area contributed by atoms with Crippen LogP contribution in [0, 0.1) is 19.7 Å². The number of halogens is 2. The summed E-state index contributed by atoms with van der Waals surface area (Å²) in [4.78, 5) is 26.9. The highest BCUT2D eigenvalue weighted by molar-refractivity contribution is 14.1. The molecule has 1 aromatic carbocycles. The van der Waals surface area contributed by atoms with Gasteiger partial charge in [-0.1, -0.05) is 0 Å². The van der Waals surface area contributed by atoms with Crippen molar-refractivity contribution in [2.24, 2.45) is 0 Å². The fraction of sp³-hybridized carbons (Fsp3) is 0.176. The van der Waals surface area contributed by atoms with Gasteiger partial charge in [-0.15, -0.1) is 0 Å². The van der Waals surface area contributed by atoms with Crippen LogP contribution in [0.25, 0.3) is 3.58 Å². The summed E-state index contributed by atoms with van der Waals surface area (Å²) in [6.07, 6.45) is 3.30. The van der Waals surface area contributed by atoms with Crippen LogP contribution in [0.15, 0.2) is 24.4 Å². The minimum atomic E-state index is -0.437. The van der Waals surface area contributed by atoms with Crippen LogP contribution in [0.4, 0.5) is 10.1 Å². The van der Waals surface area contributed by atoms with E-state index in [0.29, 0.717) is 26.1 Å². The fourth-order valence-electron chi connectivity index (χ4n) is 2.64. The quantitative estimate of drug-likeness (QED) is 0.446. The number of amides is 1. The van der Waals surface area contributed by atoms with Crippen LogP contribution in [-0.4, -0.2) is 16.7 Å². The Morgan fingerprint density at radius 3 is 2.74 bits per heavy atom. The molecule has 118 valence electrons. The number of carbonyl (C=O) groups excluding carboxylic acids is 2. The lowest BCUT2D eigenvalue weighted by Crippen LogP contribution is -2.03. The number of hydrogen-bond acceptors (Lipinski definition) is 2. The molecule has 0 aliphatic carbocycles. The molecule has 1 aliphatic heterocycles. The minimum Gasteiger partial charge on any atom is -0.358 e. The SMILES string of the molecule is Cc1c[nH]c(C(=O)/C=C(/I)c2c(F)ccc3c2CC(=O)N3)c1C. The van der Waals surface area contributed by atoms with Crippen molar-refractivity contribution >= 4 is 43.5 Å². The lowest BCUT2D eigenvalue weighted by Gasteiger charge is -2.08. The molecule has 1 aromatic heterocycles. The Hall–Kier alpha value is -1.96. The summed E-state index contributed by atoms with van der Waals surface area (Å²) in [5.41, 5.74) is 3.90. The summed E-state index contributed by atoms with van der Waals surface area (Å²) in [7, 11) is 0. The van der Waals surface area contributed by atoms with E-state index in [9.17, 15) is 14.0 Å². The van der Waals surface area contributed by atoms with E-state index in [2.05, 4.69) is 10.3 Å². The highest BCUT2D eigenvalue weighted by Crippen LogP contribution is 2.36. The predicted molar refractivity (Wildman–Crippen MR) is 95.3 cm³/mol. The van der Waals surface area contributed by atoms with Crippen molar-refractivity contribution in [3.63, 3.8) is 0 Å². The minimum absolute atomic E-state index is 0.123. The van der Waals surface area contributed by atoms with Crippen LogP contribution in [0.5, 0.6) is 0 Å². The molecule has 2 heterocycles. The van der Waals surface area contributed by atoms with Crippen LogP contribution in [0.1, 0.15) is 32.7 Å². The first-order chi connectivity index (χ1) is 10.9. The zero-order valence-electron chi connectivity index (χ0n) is 12.6. The third-order valence-electron chi connectivity index (χ3n) is 4.02. The molecule has 0 fully saturated rings. The number of nitrogens with one attached hydrogen (secondary N) is 2. The fourth-order valence-corrected chi connectivity index (χ4v) is 3.51. The molecule has 0 atom stereocenters. The van der Waals surface area contributed by atoms with Gasteiger partial charge < -0.3 is 10.3 Å². The Kier molecular flexibility index (Phi) is 4.09. The Bertz CT molecular complexity index is 868. The van der Waals surface area contributed by atoms with Crippen LogP contribution in [-0.2, 0) is 11.2 Å². The average Bonchev–Trinajstić information content (AvgIpc) is 3.01. The van der Waals surface area contributed by atoms with Gasteiger partial charge in [0.05, 0.1) is 12.1 Å². The Morgan fingerprint density at radius 2 is 2.09 bits per heavy atom. The maximum Gasteiger partial charge on any atom is 0.228 e. The lowest BCUT2D eigenvalue weighted by atomic mass is 10.0. The maximum atomic E-state index is 14.3. The van der Waals surface area contributed by atoms with Crippen molar-refractivity contribution in [3.8, 4) is 0 Å². The van der Waals surface area contributed by atoms with Gasteiger partial charge in [-0.25, -0.2) is 4.39 Å². The number of aryl methyl sites for hydroxylation is 1. The molecule has 0 saturated carbocycles. The van der Waals surface area contributed by atoms with Crippen LogP contribution < -0.4 is 5.32 Å². The van der Waals surface area contributed by atoms with E-state index in [1.807, 2.05) is 36.4 Å². The van der Waals surface area contributed by atoms with Crippen molar-refractivity contribution in [3.05, 3.63) is 58.2 Å².